The van der Waals surface area contributed by atoms with Crippen LogP contribution in [0.1, 0.15) is 71.6 Å². The molecule has 0 spiro atoms. The lowest BCUT2D eigenvalue weighted by atomic mass is 9.49. The number of nitrogens with one attached hydrogen (secondary N) is 3. The van der Waals surface area contributed by atoms with Gasteiger partial charge >= 0.3 is 0 Å². The fourth-order valence-corrected chi connectivity index (χ4v) is 7.54. The number of carbonyl (C=O) groups is 1. The highest BCUT2D eigenvalue weighted by molar-refractivity contribution is 6.01. The van der Waals surface area contributed by atoms with Crippen LogP contribution in [0.5, 0.6) is 0 Å². The highest BCUT2D eigenvalue weighted by Gasteiger charge is 2.51. The number of benzene rings is 1. The number of anilines is 2. The minimum absolute atomic E-state index is 0.179. The maximum absolute atomic E-state index is 13.2. The molecule has 1 amide bonds. The second-order valence-corrected chi connectivity index (χ2v) is 11.6. The monoisotopic (exact) mass is 474 g/mol. The van der Waals surface area contributed by atoms with Gasteiger partial charge in [0.25, 0.3) is 0 Å². The summed E-state index contributed by atoms with van der Waals surface area (Å²) in [6.07, 6.45) is 13.1. The Labute approximate surface area is 210 Å². The van der Waals surface area contributed by atoms with Gasteiger partial charge in [0, 0.05) is 24.9 Å². The van der Waals surface area contributed by atoms with Crippen molar-refractivity contribution in [3.05, 3.63) is 42.0 Å². The van der Waals surface area contributed by atoms with Gasteiger partial charge in [-0.25, -0.2) is 4.98 Å². The lowest BCUT2D eigenvalue weighted by Crippen LogP contribution is -2.47. The minimum Gasteiger partial charge on any atom is -0.370 e. The zero-order valence-corrected chi connectivity index (χ0v) is 21.5. The molecule has 188 valence electrons. The Morgan fingerprint density at radius 3 is 2.51 bits per heavy atom. The van der Waals surface area contributed by atoms with Crippen LogP contribution < -0.4 is 16.0 Å². The first-order chi connectivity index (χ1) is 17.0. The summed E-state index contributed by atoms with van der Waals surface area (Å²) in [6.45, 7) is 7.16. The SMILES string of the molecule is CC/C=C(\C)CNCCCNc1ccc2c(NC(=O)CC34CC5CC(CC(C5)C3)C4)cccc2n1. The Morgan fingerprint density at radius 1 is 1.06 bits per heavy atom. The van der Waals surface area contributed by atoms with Gasteiger partial charge in [0.15, 0.2) is 0 Å². The maximum Gasteiger partial charge on any atom is 0.224 e. The van der Waals surface area contributed by atoms with Crippen molar-refractivity contribution in [2.45, 2.75) is 71.6 Å². The molecule has 1 heterocycles. The Hall–Kier alpha value is -2.40. The smallest absolute Gasteiger partial charge is 0.224 e. The van der Waals surface area contributed by atoms with E-state index in [1.165, 1.54) is 44.1 Å². The fraction of sp³-hybridized carbons (Fsp3) is 0.600. The van der Waals surface area contributed by atoms with Crippen molar-refractivity contribution in [1.29, 1.82) is 0 Å². The summed E-state index contributed by atoms with van der Waals surface area (Å²) >= 11 is 0. The van der Waals surface area contributed by atoms with Gasteiger partial charge in [-0.3, -0.25) is 4.79 Å². The van der Waals surface area contributed by atoms with Crippen molar-refractivity contribution >= 4 is 28.3 Å². The molecule has 4 aliphatic carbocycles. The number of hydrogen-bond donors (Lipinski definition) is 3. The molecular formula is C30H42N4O. The molecule has 4 aliphatic rings. The van der Waals surface area contributed by atoms with E-state index in [0.717, 1.165) is 72.6 Å². The number of hydrogen-bond acceptors (Lipinski definition) is 4. The van der Waals surface area contributed by atoms with Gasteiger partial charge in [0.2, 0.25) is 5.91 Å². The Morgan fingerprint density at radius 2 is 1.80 bits per heavy atom. The second kappa shape index (κ2) is 10.7. The molecule has 3 N–H and O–H groups in total. The van der Waals surface area contributed by atoms with E-state index in [9.17, 15) is 4.79 Å². The molecule has 1 aromatic carbocycles. The molecule has 0 unspecified atom stereocenters. The summed E-state index contributed by atoms with van der Waals surface area (Å²) in [5.74, 6) is 3.69. The molecular weight excluding hydrogens is 432 g/mol. The number of pyridine rings is 1. The van der Waals surface area contributed by atoms with E-state index in [2.05, 4.69) is 41.9 Å². The van der Waals surface area contributed by atoms with Gasteiger partial charge in [-0.15, -0.1) is 0 Å². The third-order valence-corrected chi connectivity index (χ3v) is 8.50. The molecule has 35 heavy (non-hydrogen) atoms. The van der Waals surface area contributed by atoms with Crippen LogP contribution in [-0.4, -0.2) is 30.5 Å². The van der Waals surface area contributed by atoms with Crippen LogP contribution in [0.3, 0.4) is 0 Å². The van der Waals surface area contributed by atoms with Crippen molar-refractivity contribution in [3.8, 4) is 0 Å². The first-order valence-corrected chi connectivity index (χ1v) is 13.8. The quantitative estimate of drug-likeness (QED) is 0.256. The van der Waals surface area contributed by atoms with Crippen LogP contribution >= 0.6 is 0 Å². The van der Waals surface area contributed by atoms with Crippen LogP contribution in [-0.2, 0) is 4.79 Å². The lowest BCUT2D eigenvalue weighted by Gasteiger charge is -2.56. The van der Waals surface area contributed by atoms with Crippen LogP contribution in [0.15, 0.2) is 42.0 Å². The first kappa shape index (κ1) is 24.3. The molecule has 1 aromatic heterocycles. The zero-order valence-electron chi connectivity index (χ0n) is 21.5. The predicted molar refractivity (Wildman–Crippen MR) is 146 cm³/mol. The summed E-state index contributed by atoms with van der Waals surface area (Å²) in [4.78, 5) is 18.0. The van der Waals surface area contributed by atoms with E-state index < -0.39 is 0 Å². The Kier molecular flexibility index (Phi) is 7.43. The molecule has 5 heteroatoms. The molecule has 4 saturated carbocycles. The highest BCUT2D eigenvalue weighted by Crippen LogP contribution is 2.61. The molecule has 0 aliphatic heterocycles. The van der Waals surface area contributed by atoms with Crippen molar-refractivity contribution in [1.82, 2.24) is 10.3 Å². The second-order valence-electron chi connectivity index (χ2n) is 11.6. The van der Waals surface area contributed by atoms with Crippen molar-refractivity contribution in [2.24, 2.45) is 23.2 Å². The topological polar surface area (TPSA) is 66.0 Å². The third kappa shape index (κ3) is 5.88. The number of nitrogens with zero attached hydrogens (tertiary/aromatic N) is 1. The van der Waals surface area contributed by atoms with Gasteiger partial charge < -0.3 is 16.0 Å². The molecule has 4 bridgehead atoms. The van der Waals surface area contributed by atoms with Crippen molar-refractivity contribution in [3.63, 3.8) is 0 Å². The van der Waals surface area contributed by atoms with Crippen LogP contribution in [0.2, 0.25) is 0 Å². The standard InChI is InChI=1S/C30H42N4O/c1-3-6-21(2)20-31-11-5-12-32-28-10-9-25-26(33-28)7-4-8-27(25)34-29(35)19-30-16-22-13-23(17-30)15-24(14-22)18-30/h4,6-10,22-24,31H,3,5,11-20H2,1-2H3,(H,32,33)(H,34,35)/b21-6+. The molecule has 0 saturated heterocycles. The number of allylic oxidation sites excluding steroid dienone is 1. The van der Waals surface area contributed by atoms with E-state index in [4.69, 9.17) is 4.98 Å². The number of carbonyl (C=O) groups excluding carboxylic acids is 1. The fourth-order valence-electron chi connectivity index (χ4n) is 7.54. The molecule has 5 nitrogen and oxygen atoms in total. The van der Waals surface area contributed by atoms with Crippen LogP contribution in [0.4, 0.5) is 11.5 Å². The molecule has 2 aromatic rings. The van der Waals surface area contributed by atoms with E-state index in [1.54, 1.807) is 0 Å². The third-order valence-electron chi connectivity index (χ3n) is 8.50. The molecule has 0 radical (unpaired) electrons. The lowest BCUT2D eigenvalue weighted by molar-refractivity contribution is -0.124. The summed E-state index contributed by atoms with van der Waals surface area (Å²) in [5.41, 5.74) is 3.47. The van der Waals surface area contributed by atoms with E-state index in [1.807, 2.05) is 24.3 Å². The van der Waals surface area contributed by atoms with Gasteiger partial charge in [0.05, 0.1) is 11.2 Å². The largest absolute Gasteiger partial charge is 0.370 e. The number of aromatic nitrogens is 1. The summed E-state index contributed by atoms with van der Waals surface area (Å²) < 4.78 is 0. The summed E-state index contributed by atoms with van der Waals surface area (Å²) in [5, 5.41) is 11.2. The molecule has 0 atom stereocenters. The van der Waals surface area contributed by atoms with E-state index in [0.29, 0.717) is 6.42 Å². The zero-order chi connectivity index (χ0) is 24.3. The van der Waals surface area contributed by atoms with Gasteiger partial charge in [0.1, 0.15) is 5.82 Å². The number of amides is 1. The van der Waals surface area contributed by atoms with E-state index >= 15 is 0 Å². The molecule has 4 fully saturated rings. The minimum atomic E-state index is 0.179. The normalized spacial score (nSPS) is 27.4. The Balaban J connectivity index is 1.14. The Bertz CT molecular complexity index is 1040. The number of fused-ring (bicyclic) bond motifs is 1. The first-order valence-electron chi connectivity index (χ1n) is 13.8. The number of rotatable bonds is 11. The van der Waals surface area contributed by atoms with Crippen LogP contribution in [0, 0.1) is 23.2 Å². The van der Waals surface area contributed by atoms with Gasteiger partial charge in [-0.2, -0.15) is 0 Å². The average molecular weight is 475 g/mol. The molecule has 6 rings (SSSR count). The maximum atomic E-state index is 13.2. The summed E-state index contributed by atoms with van der Waals surface area (Å²) in [6, 6.07) is 10.1. The highest BCUT2D eigenvalue weighted by atomic mass is 16.1. The van der Waals surface area contributed by atoms with Crippen molar-refractivity contribution in [2.75, 3.05) is 30.3 Å². The van der Waals surface area contributed by atoms with Crippen molar-refractivity contribution < 1.29 is 4.79 Å². The van der Waals surface area contributed by atoms with Gasteiger partial charge in [-0.1, -0.05) is 24.6 Å². The average Bonchev–Trinajstić information content (AvgIpc) is 2.80. The van der Waals surface area contributed by atoms with Crippen LogP contribution in [0.25, 0.3) is 10.9 Å². The van der Waals surface area contributed by atoms with Gasteiger partial charge in [-0.05, 0) is 112 Å². The van der Waals surface area contributed by atoms with E-state index in [-0.39, 0.29) is 11.3 Å². The predicted octanol–water partition coefficient (Wildman–Crippen LogP) is 6.53. The summed E-state index contributed by atoms with van der Waals surface area (Å²) in [7, 11) is 0.